The van der Waals surface area contributed by atoms with E-state index in [1.54, 1.807) is 14.0 Å². The molecule has 0 saturated heterocycles. The number of rotatable bonds is 6. The lowest BCUT2D eigenvalue weighted by Crippen LogP contribution is -2.36. The maximum atomic E-state index is 11.9. The zero-order valence-corrected chi connectivity index (χ0v) is 9.47. The van der Waals surface area contributed by atoms with Crippen LogP contribution in [0.3, 0.4) is 0 Å². The summed E-state index contributed by atoms with van der Waals surface area (Å²) in [5, 5.41) is 8.87. The molecule has 1 rings (SSSR count). The van der Waals surface area contributed by atoms with E-state index in [4.69, 9.17) is 14.3 Å². The number of ether oxygens (including phenoxy) is 1. The van der Waals surface area contributed by atoms with Gasteiger partial charge in [0.25, 0.3) is 5.91 Å². The first-order chi connectivity index (χ1) is 7.70. The third-order valence-electron chi connectivity index (χ3n) is 2.16. The molecule has 0 aliphatic carbocycles. The Balaban J connectivity index is 2.70. The molecular formula is C10H16N2O4. The molecule has 1 N–H and O–H groups in total. The van der Waals surface area contributed by atoms with Crippen LogP contribution in [-0.4, -0.2) is 54.3 Å². The van der Waals surface area contributed by atoms with Crippen LogP contribution >= 0.6 is 0 Å². The van der Waals surface area contributed by atoms with E-state index in [0.717, 1.165) is 0 Å². The van der Waals surface area contributed by atoms with Crippen LogP contribution in [0.2, 0.25) is 0 Å². The summed E-state index contributed by atoms with van der Waals surface area (Å²) >= 11 is 0. The minimum atomic E-state index is -0.277. The highest BCUT2D eigenvalue weighted by Gasteiger charge is 2.20. The fraction of sp³-hybridized carbons (Fsp3) is 0.600. The van der Waals surface area contributed by atoms with Gasteiger partial charge in [-0.15, -0.1) is 0 Å². The van der Waals surface area contributed by atoms with Crippen molar-refractivity contribution in [3.63, 3.8) is 0 Å². The second kappa shape index (κ2) is 6.24. The van der Waals surface area contributed by atoms with E-state index in [2.05, 4.69) is 4.98 Å². The lowest BCUT2D eigenvalue weighted by molar-refractivity contribution is 0.0625. The maximum absolute atomic E-state index is 11.9. The molecule has 90 valence electrons. The standard InChI is InChI=1S/C10H16N2O4/c1-8-9(16-7-11-8)10(14)12(3-5-13)4-6-15-2/h7,13H,3-6H2,1-2H3. The van der Waals surface area contributed by atoms with Gasteiger partial charge in [0, 0.05) is 20.2 Å². The van der Waals surface area contributed by atoms with E-state index in [0.29, 0.717) is 18.8 Å². The summed E-state index contributed by atoms with van der Waals surface area (Å²) < 4.78 is 9.90. The molecule has 0 atom stereocenters. The molecule has 1 aromatic rings. The van der Waals surface area contributed by atoms with Gasteiger partial charge >= 0.3 is 0 Å². The van der Waals surface area contributed by atoms with Crippen LogP contribution in [0.25, 0.3) is 0 Å². The quantitative estimate of drug-likeness (QED) is 0.745. The molecule has 0 unspecified atom stereocenters. The Kier molecular flexibility index (Phi) is 4.94. The van der Waals surface area contributed by atoms with Crippen LogP contribution in [0.15, 0.2) is 10.8 Å². The van der Waals surface area contributed by atoms with Crippen molar-refractivity contribution in [1.29, 1.82) is 0 Å². The number of aryl methyl sites for hydroxylation is 1. The second-order valence-corrected chi connectivity index (χ2v) is 3.28. The summed E-state index contributed by atoms with van der Waals surface area (Å²) in [6.45, 7) is 2.68. The molecule has 1 amide bonds. The van der Waals surface area contributed by atoms with Crippen LogP contribution in [0, 0.1) is 6.92 Å². The summed E-state index contributed by atoms with van der Waals surface area (Å²) in [6.07, 6.45) is 1.23. The average Bonchev–Trinajstić information content (AvgIpc) is 2.69. The Morgan fingerprint density at radius 2 is 2.38 bits per heavy atom. The van der Waals surface area contributed by atoms with E-state index in [-0.39, 0.29) is 24.8 Å². The predicted molar refractivity (Wildman–Crippen MR) is 56.1 cm³/mol. The topological polar surface area (TPSA) is 75.8 Å². The molecule has 6 nitrogen and oxygen atoms in total. The lowest BCUT2D eigenvalue weighted by atomic mass is 10.3. The van der Waals surface area contributed by atoms with Gasteiger partial charge in [-0.3, -0.25) is 4.79 Å². The molecule has 16 heavy (non-hydrogen) atoms. The molecule has 0 aliphatic rings. The normalized spacial score (nSPS) is 10.4. The van der Waals surface area contributed by atoms with E-state index in [9.17, 15) is 4.79 Å². The molecule has 0 aliphatic heterocycles. The zero-order chi connectivity index (χ0) is 12.0. The summed E-state index contributed by atoms with van der Waals surface area (Å²) in [6, 6.07) is 0. The van der Waals surface area contributed by atoms with Gasteiger partial charge in [-0.25, -0.2) is 4.98 Å². The number of methoxy groups -OCH3 is 1. The highest BCUT2D eigenvalue weighted by molar-refractivity contribution is 5.92. The van der Waals surface area contributed by atoms with Gasteiger partial charge in [0.15, 0.2) is 6.39 Å². The monoisotopic (exact) mass is 228 g/mol. The van der Waals surface area contributed by atoms with Crippen molar-refractivity contribution in [1.82, 2.24) is 9.88 Å². The molecule has 6 heteroatoms. The summed E-state index contributed by atoms with van der Waals surface area (Å²) in [7, 11) is 1.56. The Labute approximate surface area is 93.8 Å². The Morgan fingerprint density at radius 3 is 2.88 bits per heavy atom. The second-order valence-electron chi connectivity index (χ2n) is 3.28. The molecule has 0 fully saturated rings. The Hall–Kier alpha value is -1.40. The number of carbonyl (C=O) groups is 1. The van der Waals surface area contributed by atoms with Gasteiger partial charge < -0.3 is 19.2 Å². The van der Waals surface area contributed by atoms with E-state index in [1.165, 1.54) is 11.3 Å². The molecule has 1 heterocycles. The fourth-order valence-electron chi connectivity index (χ4n) is 1.29. The highest BCUT2D eigenvalue weighted by Crippen LogP contribution is 2.08. The minimum Gasteiger partial charge on any atom is -0.438 e. The van der Waals surface area contributed by atoms with E-state index >= 15 is 0 Å². The van der Waals surface area contributed by atoms with Crippen LogP contribution in [-0.2, 0) is 4.74 Å². The molecule has 0 bridgehead atoms. The number of hydrogen-bond acceptors (Lipinski definition) is 5. The summed E-state index contributed by atoms with van der Waals surface area (Å²) in [5.74, 6) is -0.0642. The number of aliphatic hydroxyl groups excluding tert-OH is 1. The van der Waals surface area contributed by atoms with E-state index in [1.807, 2.05) is 0 Å². The van der Waals surface area contributed by atoms with E-state index < -0.39 is 0 Å². The number of amides is 1. The average molecular weight is 228 g/mol. The first-order valence-electron chi connectivity index (χ1n) is 4.99. The fourth-order valence-corrected chi connectivity index (χ4v) is 1.29. The van der Waals surface area contributed by atoms with Gasteiger partial charge in [0.2, 0.25) is 5.76 Å². The predicted octanol–water partition coefficient (Wildman–Crippen LogP) is 0.0639. The number of nitrogens with zero attached hydrogens (tertiary/aromatic N) is 2. The third kappa shape index (κ3) is 3.04. The van der Waals surface area contributed by atoms with Crippen molar-refractivity contribution < 1.29 is 19.1 Å². The number of aliphatic hydroxyl groups is 1. The van der Waals surface area contributed by atoms with Crippen LogP contribution in [0.4, 0.5) is 0 Å². The van der Waals surface area contributed by atoms with Crippen LogP contribution < -0.4 is 0 Å². The van der Waals surface area contributed by atoms with Gasteiger partial charge in [0.05, 0.1) is 18.9 Å². The van der Waals surface area contributed by atoms with Gasteiger partial charge in [-0.05, 0) is 6.92 Å². The molecule has 0 aromatic carbocycles. The smallest absolute Gasteiger partial charge is 0.291 e. The van der Waals surface area contributed by atoms with Gasteiger partial charge in [0.1, 0.15) is 0 Å². The molecule has 0 spiro atoms. The highest BCUT2D eigenvalue weighted by atomic mass is 16.5. The van der Waals surface area contributed by atoms with Crippen molar-refractivity contribution in [3.05, 3.63) is 17.8 Å². The van der Waals surface area contributed by atoms with Crippen LogP contribution in [0.5, 0.6) is 0 Å². The van der Waals surface area contributed by atoms with Crippen molar-refractivity contribution in [2.45, 2.75) is 6.92 Å². The minimum absolute atomic E-state index is 0.0946. The lowest BCUT2D eigenvalue weighted by Gasteiger charge is -2.20. The summed E-state index contributed by atoms with van der Waals surface area (Å²) in [5.41, 5.74) is 0.547. The number of carbonyl (C=O) groups excluding carboxylic acids is 1. The number of hydrogen-bond donors (Lipinski definition) is 1. The molecule has 0 radical (unpaired) electrons. The SMILES string of the molecule is COCCN(CCO)C(=O)c1ocnc1C. The van der Waals surface area contributed by atoms with Crippen LogP contribution in [0.1, 0.15) is 16.2 Å². The van der Waals surface area contributed by atoms with Crippen molar-refractivity contribution in [3.8, 4) is 0 Å². The maximum Gasteiger partial charge on any atom is 0.291 e. The Morgan fingerprint density at radius 1 is 1.62 bits per heavy atom. The Bertz CT molecular complexity index is 337. The zero-order valence-electron chi connectivity index (χ0n) is 9.47. The van der Waals surface area contributed by atoms with Crippen molar-refractivity contribution >= 4 is 5.91 Å². The van der Waals surface area contributed by atoms with Gasteiger partial charge in [-0.1, -0.05) is 0 Å². The van der Waals surface area contributed by atoms with Crippen molar-refractivity contribution in [2.75, 3.05) is 33.4 Å². The first kappa shape index (κ1) is 12.7. The number of aromatic nitrogens is 1. The largest absolute Gasteiger partial charge is 0.438 e. The summed E-state index contributed by atoms with van der Waals surface area (Å²) in [4.78, 5) is 17.3. The molecular weight excluding hydrogens is 212 g/mol. The third-order valence-corrected chi connectivity index (χ3v) is 2.16. The first-order valence-corrected chi connectivity index (χ1v) is 4.99. The van der Waals surface area contributed by atoms with Gasteiger partial charge in [-0.2, -0.15) is 0 Å². The molecule has 0 saturated carbocycles. The van der Waals surface area contributed by atoms with Crippen molar-refractivity contribution in [2.24, 2.45) is 0 Å². The number of oxazole rings is 1. The molecule has 1 aromatic heterocycles.